The molecule has 2 unspecified atom stereocenters. The highest BCUT2D eigenvalue weighted by atomic mass is 16.6. The van der Waals surface area contributed by atoms with Crippen molar-refractivity contribution in [1.82, 2.24) is 4.90 Å². The monoisotopic (exact) mass is 509 g/mol. The molecule has 0 aliphatic carbocycles. The molecule has 0 N–H and O–H groups in total. The molecular weight excluding hydrogens is 474 g/mol. The van der Waals surface area contributed by atoms with Gasteiger partial charge in [0, 0.05) is 12.5 Å². The first kappa shape index (κ1) is 25.7. The van der Waals surface area contributed by atoms with E-state index >= 15 is 0 Å². The highest BCUT2D eigenvalue weighted by molar-refractivity contribution is 5.83. The van der Waals surface area contributed by atoms with Crippen molar-refractivity contribution < 1.29 is 19.0 Å². The number of fused-ring (bicyclic) bond motifs is 1. The first-order valence-electron chi connectivity index (χ1n) is 13.2. The predicted octanol–water partition coefficient (Wildman–Crippen LogP) is 7.59. The Morgan fingerprint density at radius 3 is 2.26 bits per heavy atom. The lowest BCUT2D eigenvalue weighted by Gasteiger charge is -2.39. The van der Waals surface area contributed by atoms with Gasteiger partial charge >= 0.3 is 6.09 Å². The lowest BCUT2D eigenvalue weighted by Crippen LogP contribution is -2.49. The molecule has 1 heterocycles. The maximum absolute atomic E-state index is 12.9. The Morgan fingerprint density at radius 2 is 1.53 bits per heavy atom. The summed E-state index contributed by atoms with van der Waals surface area (Å²) in [5.41, 5.74) is 1.76. The van der Waals surface area contributed by atoms with Crippen LogP contribution in [0.25, 0.3) is 10.8 Å². The molecule has 1 aliphatic heterocycles. The molecule has 4 aromatic rings. The Morgan fingerprint density at radius 1 is 0.842 bits per heavy atom. The van der Waals surface area contributed by atoms with Crippen LogP contribution in [0.5, 0.6) is 11.5 Å². The quantitative estimate of drug-likeness (QED) is 0.269. The van der Waals surface area contributed by atoms with E-state index in [1.165, 1.54) is 10.9 Å². The number of ether oxygens (including phenoxy) is 3. The molecule has 1 aliphatic rings. The molecule has 1 saturated heterocycles. The third kappa shape index (κ3) is 6.46. The Bertz CT molecular complexity index is 1360. The van der Waals surface area contributed by atoms with Crippen LogP contribution in [0.15, 0.2) is 97.1 Å². The van der Waals surface area contributed by atoms with Crippen molar-refractivity contribution in [3.8, 4) is 11.5 Å². The summed E-state index contributed by atoms with van der Waals surface area (Å²) in [7, 11) is 0. The fourth-order valence-electron chi connectivity index (χ4n) is 4.88. The van der Waals surface area contributed by atoms with Crippen LogP contribution in [0.1, 0.15) is 44.2 Å². The number of nitrogens with zero attached hydrogens (tertiary/aromatic N) is 1. The van der Waals surface area contributed by atoms with Crippen molar-refractivity contribution in [3.63, 3.8) is 0 Å². The maximum Gasteiger partial charge on any atom is 0.410 e. The SMILES string of the molecule is CC(C)(C)OC(=O)N1CCC(c2ccc(OCc3ccccc3)cc2)C(Oc2ccc3ccccc3c2)C1. The minimum atomic E-state index is -0.543. The zero-order valence-electron chi connectivity index (χ0n) is 22.3. The molecule has 0 bridgehead atoms. The van der Waals surface area contributed by atoms with Gasteiger partial charge in [-0.2, -0.15) is 0 Å². The van der Waals surface area contributed by atoms with E-state index in [2.05, 4.69) is 48.5 Å². The van der Waals surface area contributed by atoms with Crippen LogP contribution >= 0.6 is 0 Å². The number of likely N-dealkylation sites (tertiary alicyclic amines) is 1. The molecule has 0 aromatic heterocycles. The van der Waals surface area contributed by atoms with Gasteiger partial charge in [-0.3, -0.25) is 0 Å². The smallest absolute Gasteiger partial charge is 0.410 e. The first-order chi connectivity index (χ1) is 18.3. The molecule has 1 fully saturated rings. The van der Waals surface area contributed by atoms with Crippen LogP contribution in [0, 0.1) is 0 Å². The number of carbonyl (C=O) groups excluding carboxylic acids is 1. The van der Waals surface area contributed by atoms with Crippen LogP contribution in [0.4, 0.5) is 4.79 Å². The van der Waals surface area contributed by atoms with Gasteiger partial charge in [0.1, 0.15) is 29.8 Å². The number of carbonyl (C=O) groups is 1. The fraction of sp³-hybridized carbons (Fsp3) is 0.303. The molecule has 38 heavy (non-hydrogen) atoms. The van der Waals surface area contributed by atoms with E-state index in [1.54, 1.807) is 4.90 Å². The lowest BCUT2D eigenvalue weighted by molar-refractivity contribution is 0.00340. The van der Waals surface area contributed by atoms with E-state index in [0.29, 0.717) is 19.7 Å². The maximum atomic E-state index is 12.9. The second-order valence-corrected chi connectivity index (χ2v) is 10.8. The fourth-order valence-corrected chi connectivity index (χ4v) is 4.88. The van der Waals surface area contributed by atoms with Crippen molar-refractivity contribution in [2.45, 2.75) is 51.4 Å². The van der Waals surface area contributed by atoms with Crippen molar-refractivity contribution in [1.29, 1.82) is 0 Å². The molecule has 0 saturated carbocycles. The van der Waals surface area contributed by atoms with E-state index < -0.39 is 5.60 Å². The van der Waals surface area contributed by atoms with Gasteiger partial charge in [-0.1, -0.05) is 72.8 Å². The molecule has 196 valence electrons. The summed E-state index contributed by atoms with van der Waals surface area (Å²) in [6.45, 7) is 7.27. The Kier molecular flexibility index (Phi) is 7.54. The third-order valence-corrected chi connectivity index (χ3v) is 6.78. The highest BCUT2D eigenvalue weighted by Crippen LogP contribution is 2.34. The number of hydrogen-bond acceptors (Lipinski definition) is 4. The lowest BCUT2D eigenvalue weighted by atomic mass is 9.87. The molecule has 5 rings (SSSR count). The molecule has 2 atom stereocenters. The highest BCUT2D eigenvalue weighted by Gasteiger charge is 2.36. The predicted molar refractivity (Wildman–Crippen MR) is 151 cm³/mol. The van der Waals surface area contributed by atoms with Crippen LogP contribution in [0.2, 0.25) is 0 Å². The van der Waals surface area contributed by atoms with E-state index in [0.717, 1.165) is 28.9 Å². The largest absolute Gasteiger partial charge is 0.489 e. The minimum absolute atomic E-state index is 0.128. The van der Waals surface area contributed by atoms with Gasteiger partial charge in [0.25, 0.3) is 0 Å². The van der Waals surface area contributed by atoms with Crippen LogP contribution < -0.4 is 9.47 Å². The molecule has 5 heteroatoms. The number of benzene rings is 4. The number of rotatable bonds is 6. The van der Waals surface area contributed by atoms with E-state index in [9.17, 15) is 4.79 Å². The second kappa shape index (κ2) is 11.2. The standard InChI is InChI=1S/C33H35NO4/c1-33(2,3)38-32(35)34-20-19-30(26-14-16-28(17-15-26)36-23-24-9-5-4-6-10-24)31(22-34)37-29-18-13-25-11-7-8-12-27(25)21-29/h4-18,21,30-31H,19-20,22-23H2,1-3H3. The van der Waals surface area contributed by atoms with Gasteiger partial charge in [0.05, 0.1) is 6.54 Å². The van der Waals surface area contributed by atoms with E-state index in [4.69, 9.17) is 14.2 Å². The molecular formula is C33H35NO4. The van der Waals surface area contributed by atoms with Crippen LogP contribution in [0.3, 0.4) is 0 Å². The van der Waals surface area contributed by atoms with Gasteiger partial charge in [-0.25, -0.2) is 4.79 Å². The Balaban J connectivity index is 1.34. The Labute approximate surface area is 224 Å². The van der Waals surface area contributed by atoms with Crippen LogP contribution in [-0.2, 0) is 11.3 Å². The molecule has 5 nitrogen and oxygen atoms in total. The summed E-state index contributed by atoms with van der Waals surface area (Å²) >= 11 is 0. The van der Waals surface area contributed by atoms with Crippen molar-refractivity contribution in [3.05, 3.63) is 108 Å². The number of amides is 1. The summed E-state index contributed by atoms with van der Waals surface area (Å²) < 4.78 is 18.3. The summed E-state index contributed by atoms with van der Waals surface area (Å²) in [5, 5.41) is 2.29. The second-order valence-electron chi connectivity index (χ2n) is 10.8. The van der Waals surface area contributed by atoms with Crippen molar-refractivity contribution in [2.75, 3.05) is 13.1 Å². The molecule has 0 spiro atoms. The van der Waals surface area contributed by atoms with Gasteiger partial charge in [0.2, 0.25) is 0 Å². The minimum Gasteiger partial charge on any atom is -0.489 e. The van der Waals surface area contributed by atoms with Crippen LogP contribution in [-0.4, -0.2) is 35.8 Å². The van der Waals surface area contributed by atoms with Crippen molar-refractivity contribution in [2.24, 2.45) is 0 Å². The summed E-state index contributed by atoms with van der Waals surface area (Å²) in [6.07, 6.45) is 0.267. The topological polar surface area (TPSA) is 48.0 Å². The zero-order chi connectivity index (χ0) is 26.5. The molecule has 1 amide bonds. The number of hydrogen-bond donors (Lipinski definition) is 0. The molecule has 4 aromatic carbocycles. The summed E-state index contributed by atoms with van der Waals surface area (Å²) in [6, 6.07) is 32.8. The van der Waals surface area contributed by atoms with Gasteiger partial charge in [-0.15, -0.1) is 0 Å². The average molecular weight is 510 g/mol. The van der Waals surface area contributed by atoms with Gasteiger partial charge in [0.15, 0.2) is 0 Å². The first-order valence-corrected chi connectivity index (χ1v) is 13.2. The summed E-state index contributed by atoms with van der Waals surface area (Å²) in [4.78, 5) is 14.7. The molecule has 0 radical (unpaired) electrons. The Hall–Kier alpha value is -3.99. The third-order valence-electron chi connectivity index (χ3n) is 6.78. The zero-order valence-corrected chi connectivity index (χ0v) is 22.3. The van der Waals surface area contributed by atoms with Crippen molar-refractivity contribution >= 4 is 16.9 Å². The normalized spacial score (nSPS) is 17.7. The van der Waals surface area contributed by atoms with E-state index in [-0.39, 0.29) is 18.1 Å². The number of piperidine rings is 1. The van der Waals surface area contributed by atoms with Gasteiger partial charge in [-0.05, 0) is 73.4 Å². The van der Waals surface area contributed by atoms with E-state index in [1.807, 2.05) is 69.3 Å². The average Bonchev–Trinajstić information content (AvgIpc) is 2.92. The van der Waals surface area contributed by atoms with Gasteiger partial charge < -0.3 is 19.1 Å². The summed E-state index contributed by atoms with van der Waals surface area (Å²) in [5.74, 6) is 1.76.